The van der Waals surface area contributed by atoms with Crippen LogP contribution in [0.25, 0.3) is 6.08 Å². The van der Waals surface area contributed by atoms with Crippen LogP contribution >= 0.6 is 0 Å². The van der Waals surface area contributed by atoms with Gasteiger partial charge in [-0.15, -0.1) is 0 Å². The monoisotopic (exact) mass is 399 g/mol. The Morgan fingerprint density at radius 2 is 1.57 bits per heavy atom. The first-order chi connectivity index (χ1) is 13.0. The summed E-state index contributed by atoms with van der Waals surface area (Å²) >= 11 is 0. The minimum absolute atomic E-state index is 0.285. The fourth-order valence-corrected chi connectivity index (χ4v) is 4.93. The second-order valence-electron chi connectivity index (χ2n) is 8.65. The van der Waals surface area contributed by atoms with Crippen LogP contribution in [0.4, 0.5) is 0 Å². The number of fused-ring (bicyclic) bond motifs is 1. The minimum Gasteiger partial charge on any atom is -0.400 e. The Kier molecular flexibility index (Phi) is 4.41. The normalized spacial score (nSPS) is 20.8. The van der Waals surface area contributed by atoms with Crippen LogP contribution in [-0.2, 0) is 25.8 Å². The van der Waals surface area contributed by atoms with Crippen molar-refractivity contribution in [3.63, 3.8) is 0 Å². The molecular weight excluding hydrogens is 373 g/mol. The van der Waals surface area contributed by atoms with Crippen molar-refractivity contribution in [2.24, 2.45) is 0 Å². The summed E-state index contributed by atoms with van der Waals surface area (Å²) in [6, 6.07) is 8.82. The second-order valence-corrected chi connectivity index (χ2v) is 10.5. The molecule has 2 aromatic rings. The number of hydrogen-bond donors (Lipinski definition) is 0. The van der Waals surface area contributed by atoms with E-state index in [0.29, 0.717) is 5.69 Å². The predicted molar refractivity (Wildman–Crippen MR) is 111 cm³/mol. The zero-order valence-corrected chi connectivity index (χ0v) is 17.8. The highest BCUT2D eigenvalue weighted by Gasteiger charge is 2.52. The quantitative estimate of drug-likeness (QED) is 0.733. The maximum Gasteiger partial charge on any atom is 0.490 e. The van der Waals surface area contributed by atoms with Crippen molar-refractivity contribution >= 4 is 23.2 Å². The van der Waals surface area contributed by atoms with Crippen molar-refractivity contribution in [2.45, 2.75) is 63.6 Å². The number of allylic oxidation sites excluding steroid dienone is 1. The highest BCUT2D eigenvalue weighted by molar-refractivity contribution is 7.90. The number of aromatic nitrogens is 1. The van der Waals surface area contributed by atoms with Gasteiger partial charge in [0.2, 0.25) is 0 Å². The molecule has 0 bridgehead atoms. The van der Waals surface area contributed by atoms with Gasteiger partial charge in [-0.2, -0.15) is 0 Å². The molecule has 2 heterocycles. The standard InChI is InChI=1S/C21H26BNO4S/c1-15-6-10-18(11-7-15)28(24,25)23-13-12-16-8-9-17(14-19(16)23)22-26-20(2,3)21(4,5)27-22/h6-7,10-14H,8-9H2,1-5H3. The first kappa shape index (κ1) is 19.5. The Hall–Kier alpha value is -1.83. The largest absolute Gasteiger partial charge is 0.490 e. The zero-order chi connectivity index (χ0) is 20.3. The first-order valence-corrected chi connectivity index (χ1v) is 11.0. The van der Waals surface area contributed by atoms with Gasteiger partial charge in [-0.05, 0) is 82.8 Å². The molecule has 7 heteroatoms. The van der Waals surface area contributed by atoms with Gasteiger partial charge in [-0.1, -0.05) is 17.7 Å². The van der Waals surface area contributed by atoms with Crippen LogP contribution in [0, 0.1) is 6.92 Å². The predicted octanol–water partition coefficient (Wildman–Crippen LogP) is 3.99. The van der Waals surface area contributed by atoms with E-state index in [4.69, 9.17) is 9.31 Å². The second kappa shape index (κ2) is 6.34. The fourth-order valence-electron chi connectivity index (χ4n) is 3.57. The number of nitrogens with zero attached hydrogens (tertiary/aromatic N) is 1. The molecule has 0 radical (unpaired) electrons. The number of hydrogen-bond acceptors (Lipinski definition) is 4. The van der Waals surface area contributed by atoms with E-state index >= 15 is 0 Å². The van der Waals surface area contributed by atoms with Gasteiger partial charge in [0.15, 0.2) is 0 Å². The summed E-state index contributed by atoms with van der Waals surface area (Å²) in [5.74, 6) is 0. The molecule has 1 aliphatic carbocycles. The lowest BCUT2D eigenvalue weighted by Crippen LogP contribution is -2.41. The van der Waals surface area contributed by atoms with Crippen molar-refractivity contribution in [1.82, 2.24) is 3.97 Å². The lowest BCUT2D eigenvalue weighted by Gasteiger charge is -2.32. The molecule has 5 nitrogen and oxygen atoms in total. The van der Waals surface area contributed by atoms with E-state index in [1.807, 2.05) is 58.9 Å². The first-order valence-electron chi connectivity index (χ1n) is 9.60. The van der Waals surface area contributed by atoms with E-state index in [9.17, 15) is 8.42 Å². The average molecular weight is 399 g/mol. The smallest absolute Gasteiger partial charge is 0.400 e. The fraction of sp³-hybridized carbons (Fsp3) is 0.429. The highest BCUT2D eigenvalue weighted by atomic mass is 32.2. The molecule has 1 saturated heterocycles. The number of benzene rings is 1. The Balaban J connectivity index is 1.72. The highest BCUT2D eigenvalue weighted by Crippen LogP contribution is 2.41. The van der Waals surface area contributed by atoms with Gasteiger partial charge in [0, 0.05) is 6.20 Å². The van der Waals surface area contributed by atoms with Gasteiger partial charge in [-0.25, -0.2) is 12.4 Å². The molecule has 28 heavy (non-hydrogen) atoms. The van der Waals surface area contributed by atoms with Crippen molar-refractivity contribution < 1.29 is 17.7 Å². The molecule has 1 aliphatic heterocycles. The van der Waals surface area contributed by atoms with Gasteiger partial charge in [0.05, 0.1) is 21.8 Å². The number of aryl methyl sites for hydroxylation is 2. The van der Waals surface area contributed by atoms with Gasteiger partial charge < -0.3 is 9.31 Å². The van der Waals surface area contributed by atoms with Crippen LogP contribution in [-0.4, -0.2) is 30.7 Å². The summed E-state index contributed by atoms with van der Waals surface area (Å²) in [5, 5.41) is 0. The lowest BCUT2D eigenvalue weighted by molar-refractivity contribution is 0.00578. The van der Waals surface area contributed by atoms with Crippen LogP contribution in [0.2, 0.25) is 0 Å². The molecule has 4 rings (SSSR count). The maximum atomic E-state index is 13.2. The molecule has 0 amide bonds. The Morgan fingerprint density at radius 1 is 0.964 bits per heavy atom. The summed E-state index contributed by atoms with van der Waals surface area (Å²) in [6.45, 7) is 10.0. The maximum absolute atomic E-state index is 13.2. The van der Waals surface area contributed by atoms with E-state index in [1.165, 1.54) is 3.97 Å². The summed E-state index contributed by atoms with van der Waals surface area (Å²) < 4.78 is 40.1. The molecule has 1 fully saturated rings. The van der Waals surface area contributed by atoms with Crippen molar-refractivity contribution in [3.05, 3.63) is 58.8 Å². The third-order valence-electron chi connectivity index (χ3n) is 6.12. The summed E-state index contributed by atoms with van der Waals surface area (Å²) in [5.41, 5.74) is 2.87. The van der Waals surface area contributed by atoms with Gasteiger partial charge in [-0.3, -0.25) is 0 Å². The minimum atomic E-state index is -3.66. The molecule has 0 saturated carbocycles. The molecule has 1 aromatic heterocycles. The molecule has 2 aliphatic rings. The molecule has 0 N–H and O–H groups in total. The summed E-state index contributed by atoms with van der Waals surface area (Å²) in [6.07, 6.45) is 5.12. The van der Waals surface area contributed by atoms with Crippen molar-refractivity contribution in [1.29, 1.82) is 0 Å². The average Bonchev–Trinajstić information content (AvgIpc) is 3.13. The van der Waals surface area contributed by atoms with E-state index in [-0.39, 0.29) is 4.90 Å². The van der Waals surface area contributed by atoms with Crippen LogP contribution < -0.4 is 0 Å². The lowest BCUT2D eigenvalue weighted by atomic mass is 9.72. The van der Waals surface area contributed by atoms with Gasteiger partial charge in [0.1, 0.15) is 0 Å². The molecule has 0 unspecified atom stereocenters. The third kappa shape index (κ3) is 3.06. The van der Waals surface area contributed by atoms with E-state index in [2.05, 4.69) is 0 Å². The van der Waals surface area contributed by atoms with Crippen LogP contribution in [0.5, 0.6) is 0 Å². The summed E-state index contributed by atoms with van der Waals surface area (Å²) in [7, 11) is -4.11. The molecule has 0 atom stereocenters. The van der Waals surface area contributed by atoms with Crippen LogP contribution in [0.15, 0.2) is 46.9 Å². The third-order valence-corrected chi connectivity index (χ3v) is 7.82. The Morgan fingerprint density at radius 3 is 2.18 bits per heavy atom. The van der Waals surface area contributed by atoms with Crippen LogP contribution in [0.1, 0.15) is 50.9 Å². The topological polar surface area (TPSA) is 57.5 Å². The van der Waals surface area contributed by atoms with Crippen molar-refractivity contribution in [3.8, 4) is 0 Å². The van der Waals surface area contributed by atoms with E-state index in [1.54, 1.807) is 18.3 Å². The Bertz CT molecular complexity index is 1030. The van der Waals surface area contributed by atoms with Gasteiger partial charge in [0.25, 0.3) is 10.0 Å². The SMILES string of the molecule is Cc1ccc(S(=O)(=O)n2ccc3c2C=C(B2OC(C)(C)C(C)(C)O2)CC3)cc1. The Labute approximate surface area is 167 Å². The van der Waals surface area contributed by atoms with Gasteiger partial charge >= 0.3 is 7.12 Å². The van der Waals surface area contributed by atoms with E-state index in [0.717, 1.165) is 29.4 Å². The molecule has 0 spiro atoms. The number of rotatable bonds is 3. The zero-order valence-electron chi connectivity index (χ0n) is 17.0. The van der Waals surface area contributed by atoms with Crippen molar-refractivity contribution in [2.75, 3.05) is 0 Å². The van der Waals surface area contributed by atoms with E-state index < -0.39 is 28.3 Å². The molecule has 1 aromatic carbocycles. The van der Waals surface area contributed by atoms with Crippen LogP contribution in [0.3, 0.4) is 0 Å². The summed E-state index contributed by atoms with van der Waals surface area (Å²) in [4.78, 5) is 0.285. The molecular formula is C21H26BNO4S. The molecule has 148 valence electrons.